The van der Waals surface area contributed by atoms with Crippen molar-refractivity contribution in [1.82, 2.24) is 15.2 Å². The second-order valence-corrected chi connectivity index (χ2v) is 6.37. The van der Waals surface area contributed by atoms with E-state index in [1.807, 2.05) is 18.2 Å². The van der Waals surface area contributed by atoms with Crippen molar-refractivity contribution in [3.63, 3.8) is 0 Å². The van der Waals surface area contributed by atoms with Crippen molar-refractivity contribution in [3.05, 3.63) is 54.7 Å². The fourth-order valence-corrected chi connectivity index (χ4v) is 3.60. The van der Waals surface area contributed by atoms with E-state index >= 15 is 0 Å². The molecule has 0 aliphatic carbocycles. The minimum Gasteiger partial charge on any atom is -0.368 e. The molecule has 0 amide bonds. The molecule has 1 aromatic carbocycles. The zero-order valence-electron chi connectivity index (χ0n) is 12.7. The maximum Gasteiger partial charge on any atom is 0.208 e. The van der Waals surface area contributed by atoms with Crippen LogP contribution < -0.4 is 9.80 Å². The smallest absolute Gasteiger partial charge is 0.208 e. The average Bonchev–Trinajstić information content (AvgIpc) is 3.14. The van der Waals surface area contributed by atoms with E-state index in [1.165, 1.54) is 5.69 Å². The maximum absolute atomic E-state index is 4.35. The molecule has 6 heteroatoms. The molecule has 4 rings (SSSR count). The van der Waals surface area contributed by atoms with Crippen molar-refractivity contribution in [2.45, 2.75) is 0 Å². The molecule has 0 atom stereocenters. The number of hydrogen-bond donors (Lipinski definition) is 0. The molecule has 1 aliphatic heterocycles. The van der Waals surface area contributed by atoms with Gasteiger partial charge in [-0.25, -0.2) is 0 Å². The highest BCUT2D eigenvalue weighted by molar-refractivity contribution is 7.18. The highest BCUT2D eigenvalue weighted by Gasteiger charge is 2.20. The number of para-hydroxylation sites is 1. The molecule has 0 bridgehead atoms. The van der Waals surface area contributed by atoms with Crippen molar-refractivity contribution in [3.8, 4) is 10.7 Å². The van der Waals surface area contributed by atoms with Crippen LogP contribution in [0, 0.1) is 0 Å². The van der Waals surface area contributed by atoms with Crippen LogP contribution in [0.5, 0.6) is 0 Å². The van der Waals surface area contributed by atoms with E-state index in [4.69, 9.17) is 0 Å². The fraction of sp³-hybridized carbons (Fsp3) is 0.235. The topological polar surface area (TPSA) is 45.2 Å². The van der Waals surface area contributed by atoms with Gasteiger partial charge in [0.1, 0.15) is 5.69 Å². The molecule has 5 nitrogen and oxygen atoms in total. The number of piperazine rings is 1. The second-order valence-electron chi connectivity index (χ2n) is 5.41. The molecule has 0 saturated carbocycles. The summed E-state index contributed by atoms with van der Waals surface area (Å²) >= 11 is 1.61. The number of aromatic nitrogens is 3. The lowest BCUT2D eigenvalue weighted by atomic mass is 10.2. The number of pyridine rings is 1. The summed E-state index contributed by atoms with van der Waals surface area (Å²) in [7, 11) is 0. The van der Waals surface area contributed by atoms with Crippen LogP contribution in [0.15, 0.2) is 54.7 Å². The normalized spacial score (nSPS) is 15.0. The van der Waals surface area contributed by atoms with Gasteiger partial charge in [-0.2, -0.15) is 0 Å². The Morgan fingerprint density at radius 3 is 2.26 bits per heavy atom. The fourth-order valence-electron chi connectivity index (χ4n) is 2.73. The minimum atomic E-state index is 0.881. The summed E-state index contributed by atoms with van der Waals surface area (Å²) in [6, 6.07) is 16.4. The largest absolute Gasteiger partial charge is 0.368 e. The van der Waals surface area contributed by atoms with Gasteiger partial charge >= 0.3 is 0 Å². The third-order valence-electron chi connectivity index (χ3n) is 3.97. The molecule has 0 radical (unpaired) electrons. The lowest BCUT2D eigenvalue weighted by Gasteiger charge is -2.35. The van der Waals surface area contributed by atoms with E-state index in [2.05, 4.69) is 55.3 Å². The predicted molar refractivity (Wildman–Crippen MR) is 94.0 cm³/mol. The van der Waals surface area contributed by atoms with E-state index < -0.39 is 0 Å². The molecule has 0 N–H and O–H groups in total. The third-order valence-corrected chi connectivity index (χ3v) is 4.98. The highest BCUT2D eigenvalue weighted by Crippen LogP contribution is 2.28. The van der Waals surface area contributed by atoms with Gasteiger partial charge in [-0.15, -0.1) is 10.2 Å². The van der Waals surface area contributed by atoms with Crippen LogP contribution in [0.3, 0.4) is 0 Å². The Bertz CT molecular complexity index is 751. The van der Waals surface area contributed by atoms with Gasteiger partial charge in [0.2, 0.25) is 5.13 Å². The Morgan fingerprint density at radius 1 is 0.783 bits per heavy atom. The minimum absolute atomic E-state index is 0.881. The first-order chi connectivity index (χ1) is 11.4. The first-order valence-electron chi connectivity index (χ1n) is 7.70. The van der Waals surface area contributed by atoms with Gasteiger partial charge in [0.25, 0.3) is 0 Å². The van der Waals surface area contributed by atoms with Crippen LogP contribution in [0.1, 0.15) is 0 Å². The quantitative estimate of drug-likeness (QED) is 0.741. The summed E-state index contributed by atoms with van der Waals surface area (Å²) < 4.78 is 0. The van der Waals surface area contributed by atoms with Crippen molar-refractivity contribution >= 4 is 22.2 Å². The zero-order valence-corrected chi connectivity index (χ0v) is 13.5. The van der Waals surface area contributed by atoms with Gasteiger partial charge in [-0.3, -0.25) is 4.98 Å². The van der Waals surface area contributed by atoms with Crippen LogP contribution in [0.4, 0.5) is 10.8 Å². The Hall–Kier alpha value is -2.47. The third kappa shape index (κ3) is 3.03. The van der Waals surface area contributed by atoms with Crippen molar-refractivity contribution in [2.24, 2.45) is 0 Å². The molecule has 0 spiro atoms. The van der Waals surface area contributed by atoms with Gasteiger partial charge in [0, 0.05) is 38.1 Å². The van der Waals surface area contributed by atoms with Crippen LogP contribution >= 0.6 is 11.3 Å². The van der Waals surface area contributed by atoms with Gasteiger partial charge in [0.05, 0.1) is 0 Å². The standard InChI is InChI=1S/C17H17N5S/c1-2-6-14(7-3-1)21-10-12-22(13-11-21)17-20-19-16(23-17)15-8-4-5-9-18-15/h1-9H,10-13H2. The van der Waals surface area contributed by atoms with Crippen LogP contribution in [0.25, 0.3) is 10.7 Å². The van der Waals surface area contributed by atoms with Gasteiger partial charge in [-0.1, -0.05) is 35.6 Å². The van der Waals surface area contributed by atoms with Crippen molar-refractivity contribution < 1.29 is 0 Å². The predicted octanol–water partition coefficient (Wildman–Crippen LogP) is 2.93. The number of anilines is 2. The van der Waals surface area contributed by atoms with Crippen molar-refractivity contribution in [2.75, 3.05) is 36.0 Å². The summed E-state index contributed by atoms with van der Waals surface area (Å²) in [5.74, 6) is 0. The van der Waals surface area contributed by atoms with Crippen LogP contribution in [-0.4, -0.2) is 41.4 Å². The van der Waals surface area contributed by atoms with Crippen LogP contribution in [0.2, 0.25) is 0 Å². The number of rotatable bonds is 3. The molecule has 3 heterocycles. The summed E-state index contributed by atoms with van der Waals surface area (Å²) in [5.41, 5.74) is 2.18. The Labute approximate surface area is 139 Å². The lowest BCUT2D eigenvalue weighted by molar-refractivity contribution is 0.650. The monoisotopic (exact) mass is 323 g/mol. The summed E-state index contributed by atoms with van der Waals surface area (Å²) in [6.45, 7) is 3.93. The number of nitrogens with zero attached hydrogens (tertiary/aromatic N) is 5. The molecule has 116 valence electrons. The van der Waals surface area contributed by atoms with E-state index in [0.717, 1.165) is 42.0 Å². The van der Waals surface area contributed by atoms with Gasteiger partial charge < -0.3 is 9.80 Å². The summed E-state index contributed by atoms with van der Waals surface area (Å²) in [4.78, 5) is 9.06. The molecule has 1 saturated heterocycles. The zero-order chi connectivity index (χ0) is 15.5. The molecule has 2 aromatic heterocycles. The van der Waals surface area contributed by atoms with E-state index in [0.29, 0.717) is 0 Å². The maximum atomic E-state index is 4.35. The summed E-state index contributed by atoms with van der Waals surface area (Å²) in [5, 5.41) is 10.5. The van der Waals surface area contributed by atoms with E-state index in [9.17, 15) is 0 Å². The first-order valence-corrected chi connectivity index (χ1v) is 8.52. The Morgan fingerprint density at radius 2 is 1.52 bits per heavy atom. The lowest BCUT2D eigenvalue weighted by Crippen LogP contribution is -2.46. The van der Waals surface area contributed by atoms with E-state index in [-0.39, 0.29) is 0 Å². The molecule has 23 heavy (non-hydrogen) atoms. The summed E-state index contributed by atoms with van der Waals surface area (Å²) in [6.07, 6.45) is 1.79. The molecule has 1 fully saturated rings. The van der Waals surface area contributed by atoms with E-state index in [1.54, 1.807) is 17.5 Å². The SMILES string of the molecule is c1ccc(N2CCN(c3nnc(-c4ccccn4)s3)CC2)cc1. The number of hydrogen-bond acceptors (Lipinski definition) is 6. The molecule has 3 aromatic rings. The number of benzene rings is 1. The molecular formula is C17H17N5S. The highest BCUT2D eigenvalue weighted by atomic mass is 32.1. The second kappa shape index (κ2) is 6.34. The van der Waals surface area contributed by atoms with Gasteiger partial charge in [-0.05, 0) is 24.3 Å². The average molecular weight is 323 g/mol. The molecule has 0 unspecified atom stereocenters. The Kier molecular flexibility index (Phi) is 3.90. The molecule has 1 aliphatic rings. The molecular weight excluding hydrogens is 306 g/mol. The van der Waals surface area contributed by atoms with Gasteiger partial charge in [0.15, 0.2) is 5.01 Å². The first kappa shape index (κ1) is 14.1. The van der Waals surface area contributed by atoms with Crippen molar-refractivity contribution in [1.29, 1.82) is 0 Å². The van der Waals surface area contributed by atoms with Crippen LogP contribution in [-0.2, 0) is 0 Å². The Balaban J connectivity index is 1.44.